The van der Waals surface area contributed by atoms with Crippen LogP contribution < -0.4 is 0 Å². The number of rotatable bonds is 2. The summed E-state index contributed by atoms with van der Waals surface area (Å²) in [5, 5.41) is 10.9. The fourth-order valence-electron chi connectivity index (χ4n) is 2.91. The molecule has 2 nitrogen and oxygen atoms in total. The number of fused-ring (bicyclic) bond motifs is 1. The molecular formula is C20H15NO. The van der Waals surface area contributed by atoms with Gasteiger partial charge >= 0.3 is 0 Å². The van der Waals surface area contributed by atoms with Gasteiger partial charge in [0.2, 0.25) is 0 Å². The van der Waals surface area contributed by atoms with Crippen molar-refractivity contribution in [1.82, 2.24) is 4.98 Å². The van der Waals surface area contributed by atoms with E-state index in [-0.39, 0.29) is 5.75 Å². The number of aromatic nitrogens is 1. The lowest BCUT2D eigenvalue weighted by molar-refractivity contribution is 0.476. The van der Waals surface area contributed by atoms with Gasteiger partial charge in [-0.25, -0.2) is 0 Å². The van der Waals surface area contributed by atoms with E-state index in [1.807, 2.05) is 42.5 Å². The highest BCUT2D eigenvalue weighted by Gasteiger charge is 2.14. The molecule has 2 N–H and O–H groups in total. The molecule has 1 heterocycles. The lowest BCUT2D eigenvalue weighted by Gasteiger charge is -2.05. The van der Waals surface area contributed by atoms with Crippen molar-refractivity contribution in [1.29, 1.82) is 0 Å². The summed E-state index contributed by atoms with van der Waals surface area (Å²) in [6.07, 6.45) is 0. The molecule has 0 atom stereocenters. The number of hydrogen-bond donors (Lipinski definition) is 2. The van der Waals surface area contributed by atoms with E-state index in [2.05, 4.69) is 29.2 Å². The topological polar surface area (TPSA) is 36.0 Å². The molecule has 0 unspecified atom stereocenters. The summed E-state index contributed by atoms with van der Waals surface area (Å²) in [6.45, 7) is 0. The fraction of sp³-hybridized carbons (Fsp3) is 0. The van der Waals surface area contributed by atoms with Crippen LogP contribution in [-0.2, 0) is 0 Å². The molecule has 0 saturated heterocycles. The highest BCUT2D eigenvalue weighted by Crippen LogP contribution is 2.38. The van der Waals surface area contributed by atoms with Crippen LogP contribution in [0.2, 0.25) is 0 Å². The molecule has 22 heavy (non-hydrogen) atoms. The largest absolute Gasteiger partial charge is 0.508 e. The van der Waals surface area contributed by atoms with E-state index in [0.717, 1.165) is 22.2 Å². The smallest absolute Gasteiger partial charge is 0.117 e. The quantitative estimate of drug-likeness (QED) is 0.521. The van der Waals surface area contributed by atoms with Crippen LogP contribution in [0.3, 0.4) is 0 Å². The molecule has 0 spiro atoms. The van der Waals surface area contributed by atoms with Gasteiger partial charge in [0.1, 0.15) is 5.75 Å². The van der Waals surface area contributed by atoms with Gasteiger partial charge in [0.25, 0.3) is 0 Å². The Balaban J connectivity index is 2.07. The first-order chi connectivity index (χ1) is 10.8. The summed E-state index contributed by atoms with van der Waals surface area (Å²) >= 11 is 0. The highest BCUT2D eigenvalue weighted by molar-refractivity contribution is 6.04. The van der Waals surface area contributed by atoms with Gasteiger partial charge in [0.05, 0.1) is 11.2 Å². The van der Waals surface area contributed by atoms with Crippen LogP contribution in [0.15, 0.2) is 78.9 Å². The molecule has 0 radical (unpaired) electrons. The number of hydrogen-bond acceptors (Lipinski definition) is 1. The fourth-order valence-corrected chi connectivity index (χ4v) is 2.91. The van der Waals surface area contributed by atoms with Crippen molar-refractivity contribution in [3.63, 3.8) is 0 Å². The molecule has 0 amide bonds. The van der Waals surface area contributed by atoms with Crippen LogP contribution in [-0.4, -0.2) is 10.1 Å². The van der Waals surface area contributed by atoms with E-state index in [9.17, 15) is 5.11 Å². The van der Waals surface area contributed by atoms with E-state index in [0.29, 0.717) is 0 Å². The maximum atomic E-state index is 9.75. The Morgan fingerprint density at radius 2 is 1.32 bits per heavy atom. The molecule has 0 aliphatic carbocycles. The summed E-state index contributed by atoms with van der Waals surface area (Å²) in [7, 11) is 0. The molecule has 1 aromatic heterocycles. The molecule has 3 aromatic carbocycles. The van der Waals surface area contributed by atoms with Gasteiger partial charge in [0.15, 0.2) is 0 Å². The zero-order chi connectivity index (χ0) is 14.9. The number of phenols is 1. The molecule has 0 saturated carbocycles. The maximum absolute atomic E-state index is 9.75. The van der Waals surface area contributed by atoms with Crippen LogP contribution in [0.5, 0.6) is 5.75 Å². The van der Waals surface area contributed by atoms with Crippen molar-refractivity contribution >= 4 is 10.9 Å². The van der Waals surface area contributed by atoms with Gasteiger partial charge in [-0.2, -0.15) is 0 Å². The minimum absolute atomic E-state index is 0.271. The number of H-pyrrole nitrogens is 1. The second-order valence-corrected chi connectivity index (χ2v) is 5.34. The lowest BCUT2D eigenvalue weighted by atomic mass is 9.98. The number of aromatic hydroxyl groups is 1. The number of benzene rings is 3. The lowest BCUT2D eigenvalue weighted by Crippen LogP contribution is -1.82. The average Bonchev–Trinajstić information content (AvgIpc) is 2.95. The van der Waals surface area contributed by atoms with Crippen molar-refractivity contribution in [3.8, 4) is 28.1 Å². The van der Waals surface area contributed by atoms with Crippen molar-refractivity contribution in [2.24, 2.45) is 0 Å². The molecule has 2 heteroatoms. The van der Waals surface area contributed by atoms with E-state index in [4.69, 9.17) is 0 Å². The zero-order valence-corrected chi connectivity index (χ0v) is 12.0. The third-order valence-corrected chi connectivity index (χ3v) is 3.91. The summed E-state index contributed by atoms with van der Waals surface area (Å²) in [5.74, 6) is 0.271. The molecular weight excluding hydrogens is 270 g/mol. The summed E-state index contributed by atoms with van der Waals surface area (Å²) < 4.78 is 0. The van der Waals surface area contributed by atoms with Gasteiger partial charge in [0, 0.05) is 17.0 Å². The van der Waals surface area contributed by atoms with Crippen molar-refractivity contribution in [2.45, 2.75) is 0 Å². The SMILES string of the molecule is Oc1ccc2c(-c3ccccc3)c(-c3ccccc3)[nH]c2c1. The summed E-state index contributed by atoms with van der Waals surface area (Å²) in [5.41, 5.74) is 5.49. The summed E-state index contributed by atoms with van der Waals surface area (Å²) in [4.78, 5) is 3.46. The third kappa shape index (κ3) is 2.06. The van der Waals surface area contributed by atoms with Gasteiger partial charge in [-0.3, -0.25) is 0 Å². The predicted molar refractivity (Wildman–Crippen MR) is 90.8 cm³/mol. The van der Waals surface area contributed by atoms with Gasteiger partial charge in [-0.15, -0.1) is 0 Å². The van der Waals surface area contributed by atoms with Crippen LogP contribution in [0.4, 0.5) is 0 Å². The molecule has 106 valence electrons. The Hall–Kier alpha value is -3.00. The van der Waals surface area contributed by atoms with Crippen LogP contribution in [0.25, 0.3) is 33.3 Å². The van der Waals surface area contributed by atoms with Crippen molar-refractivity contribution < 1.29 is 5.11 Å². The Kier molecular flexibility index (Phi) is 2.94. The van der Waals surface area contributed by atoms with Crippen molar-refractivity contribution in [2.75, 3.05) is 0 Å². The number of nitrogens with one attached hydrogen (secondary N) is 1. The van der Waals surface area contributed by atoms with Crippen molar-refractivity contribution in [3.05, 3.63) is 78.9 Å². The molecule has 4 aromatic rings. The maximum Gasteiger partial charge on any atom is 0.117 e. The van der Waals surface area contributed by atoms with E-state index >= 15 is 0 Å². The molecule has 4 rings (SSSR count). The molecule has 0 fully saturated rings. The predicted octanol–water partition coefficient (Wildman–Crippen LogP) is 5.21. The average molecular weight is 285 g/mol. The van der Waals surface area contributed by atoms with Crippen LogP contribution >= 0.6 is 0 Å². The number of phenolic OH excluding ortho intramolecular Hbond substituents is 1. The zero-order valence-electron chi connectivity index (χ0n) is 12.0. The Labute approximate surface area is 128 Å². The molecule has 0 bridgehead atoms. The Morgan fingerprint density at radius 1 is 0.682 bits per heavy atom. The second kappa shape index (κ2) is 5.08. The van der Waals surface area contributed by atoms with Gasteiger partial charge in [-0.05, 0) is 23.3 Å². The normalized spacial score (nSPS) is 10.9. The molecule has 0 aliphatic heterocycles. The monoisotopic (exact) mass is 285 g/mol. The van der Waals surface area contributed by atoms with E-state index in [1.165, 1.54) is 11.1 Å². The Morgan fingerprint density at radius 3 is 2.00 bits per heavy atom. The van der Waals surface area contributed by atoms with Gasteiger partial charge < -0.3 is 10.1 Å². The first-order valence-electron chi connectivity index (χ1n) is 7.28. The van der Waals surface area contributed by atoms with E-state index < -0.39 is 0 Å². The van der Waals surface area contributed by atoms with Crippen LogP contribution in [0.1, 0.15) is 0 Å². The molecule has 0 aliphatic rings. The second-order valence-electron chi connectivity index (χ2n) is 5.34. The van der Waals surface area contributed by atoms with E-state index in [1.54, 1.807) is 12.1 Å². The highest BCUT2D eigenvalue weighted by atomic mass is 16.3. The first-order valence-corrected chi connectivity index (χ1v) is 7.28. The third-order valence-electron chi connectivity index (χ3n) is 3.91. The van der Waals surface area contributed by atoms with Gasteiger partial charge in [-0.1, -0.05) is 60.7 Å². The minimum Gasteiger partial charge on any atom is -0.508 e. The van der Waals surface area contributed by atoms with Crippen LogP contribution in [0, 0.1) is 0 Å². The minimum atomic E-state index is 0.271. The standard InChI is InChI=1S/C20H15NO/c22-16-11-12-17-18(13-16)21-20(15-9-5-2-6-10-15)19(17)14-7-3-1-4-8-14/h1-13,21-22H. The first kappa shape index (κ1) is 12.7. The summed E-state index contributed by atoms with van der Waals surface area (Å²) in [6, 6.07) is 26.1. The Bertz CT molecular complexity index is 924. The number of aromatic amines is 1.